The normalized spacial score (nSPS) is 12.0. The van der Waals surface area contributed by atoms with Crippen molar-refractivity contribution < 1.29 is 19.1 Å². The van der Waals surface area contributed by atoms with E-state index in [0.717, 1.165) is 5.56 Å². The summed E-state index contributed by atoms with van der Waals surface area (Å²) in [5.74, 6) is -0.113. The van der Waals surface area contributed by atoms with Gasteiger partial charge in [0.1, 0.15) is 5.75 Å². The maximum atomic E-state index is 12.8. The van der Waals surface area contributed by atoms with E-state index in [0.29, 0.717) is 22.2 Å². The summed E-state index contributed by atoms with van der Waals surface area (Å²) in [4.78, 5) is 24.8. The van der Waals surface area contributed by atoms with Crippen LogP contribution in [-0.2, 0) is 4.74 Å². The highest BCUT2D eigenvalue weighted by Gasteiger charge is 2.23. The first-order valence-corrected chi connectivity index (χ1v) is 7.97. The number of aryl methyl sites for hydroxylation is 1. The molecule has 1 heterocycles. The molecule has 5 nitrogen and oxygen atoms in total. The molecular weight excluding hydrogens is 318 g/mol. The molecule has 0 radical (unpaired) electrons. The maximum Gasteiger partial charge on any atom is 0.340 e. The lowest BCUT2D eigenvalue weighted by Gasteiger charge is -2.15. The summed E-state index contributed by atoms with van der Waals surface area (Å²) in [6.07, 6.45) is 0.803. The van der Waals surface area contributed by atoms with Crippen LogP contribution < -0.4 is 4.74 Å². The van der Waals surface area contributed by atoms with Crippen molar-refractivity contribution in [2.75, 3.05) is 7.11 Å². The first kappa shape index (κ1) is 16.8. The van der Waals surface area contributed by atoms with Crippen LogP contribution in [0.4, 0.5) is 0 Å². The van der Waals surface area contributed by atoms with Gasteiger partial charge in [0.25, 0.3) is 5.91 Å². The van der Waals surface area contributed by atoms with E-state index >= 15 is 0 Å². The number of benzene rings is 2. The molecule has 3 aromatic rings. The molecule has 0 bridgehead atoms. The first-order chi connectivity index (χ1) is 12.0. The topological polar surface area (TPSA) is 57.5 Å². The monoisotopic (exact) mass is 337 g/mol. The summed E-state index contributed by atoms with van der Waals surface area (Å²) in [6.45, 7) is 3.67. The molecule has 25 heavy (non-hydrogen) atoms. The fraction of sp³-hybridized carbons (Fsp3) is 0.200. The maximum absolute atomic E-state index is 12.8. The Hall–Kier alpha value is -3.08. The number of aromatic nitrogens is 1. The number of methoxy groups -OCH3 is 1. The largest absolute Gasteiger partial charge is 0.481 e. The zero-order valence-corrected chi connectivity index (χ0v) is 14.4. The number of hydrogen-bond acceptors (Lipinski definition) is 4. The Kier molecular flexibility index (Phi) is 4.57. The van der Waals surface area contributed by atoms with Crippen molar-refractivity contribution in [1.82, 2.24) is 4.57 Å². The molecule has 1 aromatic heterocycles. The van der Waals surface area contributed by atoms with Crippen LogP contribution in [0.25, 0.3) is 10.9 Å². The van der Waals surface area contributed by atoms with E-state index < -0.39 is 12.1 Å². The highest BCUT2D eigenvalue weighted by molar-refractivity contribution is 6.07. The second-order valence-electron chi connectivity index (χ2n) is 5.83. The van der Waals surface area contributed by atoms with Crippen LogP contribution >= 0.6 is 0 Å². The van der Waals surface area contributed by atoms with E-state index in [4.69, 9.17) is 9.47 Å². The van der Waals surface area contributed by atoms with Crippen molar-refractivity contribution in [2.24, 2.45) is 0 Å². The number of para-hydroxylation sites is 1. The summed E-state index contributed by atoms with van der Waals surface area (Å²) >= 11 is 0. The lowest BCUT2D eigenvalue weighted by molar-refractivity contribution is 0.0602. The van der Waals surface area contributed by atoms with E-state index in [9.17, 15) is 9.59 Å². The minimum absolute atomic E-state index is 0.257. The summed E-state index contributed by atoms with van der Waals surface area (Å²) < 4.78 is 12.0. The minimum Gasteiger partial charge on any atom is -0.481 e. The van der Waals surface area contributed by atoms with Gasteiger partial charge in [-0.05, 0) is 32.0 Å². The van der Waals surface area contributed by atoms with Gasteiger partial charge in [-0.2, -0.15) is 0 Å². The molecule has 3 rings (SSSR count). The number of hydrogen-bond donors (Lipinski definition) is 0. The zero-order chi connectivity index (χ0) is 18.0. The molecule has 0 saturated carbocycles. The molecule has 5 heteroatoms. The Morgan fingerprint density at radius 1 is 1.04 bits per heavy atom. The van der Waals surface area contributed by atoms with Crippen LogP contribution in [-0.4, -0.2) is 29.7 Å². The van der Waals surface area contributed by atoms with Crippen LogP contribution in [0.5, 0.6) is 5.75 Å². The van der Waals surface area contributed by atoms with Gasteiger partial charge in [0, 0.05) is 11.6 Å². The Bertz CT molecular complexity index is 925. The van der Waals surface area contributed by atoms with E-state index in [1.165, 1.54) is 17.9 Å². The second-order valence-corrected chi connectivity index (χ2v) is 5.83. The molecule has 0 saturated heterocycles. The quantitative estimate of drug-likeness (QED) is 0.679. The van der Waals surface area contributed by atoms with Gasteiger partial charge in [0.05, 0.1) is 18.2 Å². The SMILES string of the molecule is COC(=O)c1cn(C(=O)[C@H](C)Oc2ccc(C)cc2)c2ccccc12. The van der Waals surface area contributed by atoms with Crippen LogP contribution in [0.1, 0.15) is 27.6 Å². The molecule has 0 unspecified atom stereocenters. The predicted molar refractivity (Wildman–Crippen MR) is 95.2 cm³/mol. The van der Waals surface area contributed by atoms with Crippen molar-refractivity contribution in [2.45, 2.75) is 20.0 Å². The second kappa shape index (κ2) is 6.81. The highest BCUT2D eigenvalue weighted by atomic mass is 16.5. The number of fused-ring (bicyclic) bond motifs is 1. The van der Waals surface area contributed by atoms with Crippen LogP contribution in [0.2, 0.25) is 0 Å². The summed E-state index contributed by atoms with van der Waals surface area (Å²) in [5.41, 5.74) is 2.12. The van der Waals surface area contributed by atoms with Gasteiger partial charge in [-0.3, -0.25) is 9.36 Å². The molecule has 0 aliphatic heterocycles. The van der Waals surface area contributed by atoms with E-state index in [1.54, 1.807) is 19.1 Å². The highest BCUT2D eigenvalue weighted by Crippen LogP contribution is 2.23. The Balaban J connectivity index is 1.93. The third-order valence-electron chi connectivity index (χ3n) is 4.04. The summed E-state index contributed by atoms with van der Waals surface area (Å²) in [5, 5.41) is 0.672. The molecule has 0 aliphatic rings. The number of nitrogens with zero attached hydrogens (tertiary/aromatic N) is 1. The lowest BCUT2D eigenvalue weighted by atomic mass is 10.2. The van der Waals surface area contributed by atoms with Gasteiger partial charge >= 0.3 is 5.97 Å². The van der Waals surface area contributed by atoms with Crippen LogP contribution in [0.3, 0.4) is 0 Å². The fourth-order valence-electron chi connectivity index (χ4n) is 2.70. The van der Waals surface area contributed by atoms with E-state index in [1.807, 2.05) is 43.3 Å². The fourth-order valence-corrected chi connectivity index (χ4v) is 2.70. The van der Waals surface area contributed by atoms with Gasteiger partial charge in [-0.1, -0.05) is 35.9 Å². The lowest BCUT2D eigenvalue weighted by Crippen LogP contribution is -2.28. The standard InChI is InChI=1S/C20H19NO4/c1-13-8-10-15(11-9-13)25-14(2)19(22)21-12-17(20(23)24-3)16-6-4-5-7-18(16)21/h4-12,14H,1-3H3/t14-/m0/s1. The minimum atomic E-state index is -0.705. The number of carbonyl (C=O) groups is 2. The molecule has 0 amide bonds. The van der Waals surface area contributed by atoms with E-state index in [2.05, 4.69) is 0 Å². The Morgan fingerprint density at radius 2 is 1.72 bits per heavy atom. The van der Waals surface area contributed by atoms with Crippen molar-refractivity contribution in [3.8, 4) is 5.75 Å². The molecule has 0 spiro atoms. The number of esters is 1. The zero-order valence-electron chi connectivity index (χ0n) is 14.4. The molecule has 0 aliphatic carbocycles. The number of rotatable bonds is 4. The van der Waals surface area contributed by atoms with Gasteiger partial charge in [0.2, 0.25) is 0 Å². The number of ether oxygens (including phenoxy) is 2. The summed E-state index contributed by atoms with van der Waals surface area (Å²) in [7, 11) is 1.32. The molecule has 0 N–H and O–H groups in total. The van der Waals surface area contributed by atoms with Crippen LogP contribution in [0.15, 0.2) is 54.7 Å². The van der Waals surface area contributed by atoms with E-state index in [-0.39, 0.29) is 5.91 Å². The molecule has 0 fully saturated rings. The third kappa shape index (κ3) is 3.26. The van der Waals surface area contributed by atoms with Gasteiger partial charge in [0.15, 0.2) is 6.10 Å². The van der Waals surface area contributed by atoms with Gasteiger partial charge in [-0.15, -0.1) is 0 Å². The molecule has 128 valence electrons. The summed E-state index contributed by atoms with van der Waals surface area (Å²) in [6, 6.07) is 14.7. The van der Waals surface area contributed by atoms with Crippen molar-refractivity contribution in [1.29, 1.82) is 0 Å². The average Bonchev–Trinajstić information content (AvgIpc) is 3.02. The number of carbonyl (C=O) groups excluding carboxylic acids is 2. The Morgan fingerprint density at radius 3 is 2.40 bits per heavy atom. The predicted octanol–water partition coefficient (Wildman–Crippen LogP) is 3.84. The third-order valence-corrected chi connectivity index (χ3v) is 4.04. The van der Waals surface area contributed by atoms with Crippen LogP contribution in [0, 0.1) is 6.92 Å². The van der Waals surface area contributed by atoms with Crippen molar-refractivity contribution in [3.63, 3.8) is 0 Å². The van der Waals surface area contributed by atoms with Gasteiger partial charge < -0.3 is 9.47 Å². The molecular formula is C20H19NO4. The van der Waals surface area contributed by atoms with Crippen molar-refractivity contribution >= 4 is 22.8 Å². The first-order valence-electron chi connectivity index (χ1n) is 7.97. The average molecular weight is 337 g/mol. The smallest absolute Gasteiger partial charge is 0.340 e. The van der Waals surface area contributed by atoms with Gasteiger partial charge in [-0.25, -0.2) is 4.79 Å². The van der Waals surface area contributed by atoms with Crippen molar-refractivity contribution in [3.05, 3.63) is 65.9 Å². The molecule has 1 atom stereocenters. The molecule has 2 aromatic carbocycles. The Labute approximate surface area is 145 Å².